The van der Waals surface area contributed by atoms with Crippen molar-refractivity contribution in [2.24, 2.45) is 0 Å². The van der Waals surface area contributed by atoms with Gasteiger partial charge in [0, 0.05) is 42.8 Å². The second kappa shape index (κ2) is 9.93. The molecule has 0 radical (unpaired) electrons. The summed E-state index contributed by atoms with van der Waals surface area (Å²) in [6.07, 6.45) is 7.26. The molecule has 0 amide bonds. The van der Waals surface area contributed by atoms with Crippen LogP contribution in [0.4, 0.5) is 0 Å². The van der Waals surface area contributed by atoms with Gasteiger partial charge in [0.15, 0.2) is 17.5 Å². The molecule has 4 heterocycles. The van der Waals surface area contributed by atoms with Gasteiger partial charge in [0.05, 0.1) is 17.3 Å². The second-order valence-corrected chi connectivity index (χ2v) is 8.87. The van der Waals surface area contributed by atoms with Crippen molar-refractivity contribution in [1.82, 2.24) is 29.5 Å². The first-order chi connectivity index (χ1) is 17.7. The summed E-state index contributed by atoms with van der Waals surface area (Å²) in [4.78, 5) is 8.96. The molecule has 3 aromatic heterocycles. The molecule has 6 rings (SSSR count). The van der Waals surface area contributed by atoms with Gasteiger partial charge in [-0.25, -0.2) is 4.98 Å². The van der Waals surface area contributed by atoms with Gasteiger partial charge in [-0.05, 0) is 61.4 Å². The predicted octanol–water partition coefficient (Wildman–Crippen LogP) is 5.99. The van der Waals surface area contributed by atoms with E-state index in [-0.39, 0.29) is 0 Å². The zero-order valence-corrected chi connectivity index (χ0v) is 20.1. The SMILES string of the molecule is Clc1ccccc1-c1nc(-c2ccc(Oc3cccnc3)cc2)n(-c2ccn(C3CCOCC3)n2)n1. The van der Waals surface area contributed by atoms with E-state index in [0.717, 1.165) is 37.2 Å². The minimum absolute atomic E-state index is 0.311. The summed E-state index contributed by atoms with van der Waals surface area (Å²) in [7, 11) is 0. The van der Waals surface area contributed by atoms with E-state index in [9.17, 15) is 0 Å². The molecular formula is C27H23ClN6O2. The van der Waals surface area contributed by atoms with Gasteiger partial charge in [-0.15, -0.1) is 5.10 Å². The van der Waals surface area contributed by atoms with Gasteiger partial charge in [0.2, 0.25) is 0 Å². The van der Waals surface area contributed by atoms with Crippen LogP contribution in [0.3, 0.4) is 0 Å². The molecular weight excluding hydrogens is 476 g/mol. The lowest BCUT2D eigenvalue weighted by atomic mass is 10.1. The third-order valence-electron chi connectivity index (χ3n) is 6.08. The molecule has 1 saturated heterocycles. The van der Waals surface area contributed by atoms with Crippen molar-refractivity contribution in [3.05, 3.63) is 90.3 Å². The van der Waals surface area contributed by atoms with Gasteiger partial charge < -0.3 is 9.47 Å². The molecule has 36 heavy (non-hydrogen) atoms. The van der Waals surface area contributed by atoms with Crippen LogP contribution in [0.2, 0.25) is 5.02 Å². The Balaban J connectivity index is 1.37. The number of hydrogen-bond donors (Lipinski definition) is 0. The van der Waals surface area contributed by atoms with E-state index in [2.05, 4.69) is 4.98 Å². The van der Waals surface area contributed by atoms with E-state index in [1.165, 1.54) is 0 Å². The molecule has 9 heteroatoms. The number of ether oxygens (including phenoxy) is 2. The Labute approximate surface area is 213 Å². The maximum atomic E-state index is 6.47. The van der Waals surface area contributed by atoms with Gasteiger partial charge in [0.1, 0.15) is 11.5 Å². The van der Waals surface area contributed by atoms with Crippen molar-refractivity contribution in [1.29, 1.82) is 0 Å². The maximum Gasteiger partial charge on any atom is 0.183 e. The van der Waals surface area contributed by atoms with E-state index in [1.54, 1.807) is 17.1 Å². The molecule has 0 saturated carbocycles. The van der Waals surface area contributed by atoms with Crippen LogP contribution in [-0.2, 0) is 4.74 Å². The fourth-order valence-electron chi connectivity index (χ4n) is 4.22. The molecule has 2 aromatic carbocycles. The minimum Gasteiger partial charge on any atom is -0.456 e. The number of pyridine rings is 1. The summed E-state index contributed by atoms with van der Waals surface area (Å²) in [5.41, 5.74) is 1.64. The van der Waals surface area contributed by atoms with Crippen molar-refractivity contribution in [2.75, 3.05) is 13.2 Å². The van der Waals surface area contributed by atoms with E-state index >= 15 is 0 Å². The Morgan fingerprint density at radius 3 is 2.50 bits per heavy atom. The number of rotatable bonds is 6. The normalized spacial score (nSPS) is 14.1. The molecule has 1 aliphatic heterocycles. The first-order valence-corrected chi connectivity index (χ1v) is 12.2. The van der Waals surface area contributed by atoms with Gasteiger partial charge >= 0.3 is 0 Å². The average molecular weight is 499 g/mol. The topological polar surface area (TPSA) is 79.9 Å². The lowest BCUT2D eigenvalue weighted by Crippen LogP contribution is -2.20. The Morgan fingerprint density at radius 2 is 1.72 bits per heavy atom. The van der Waals surface area contributed by atoms with E-state index in [4.69, 9.17) is 36.3 Å². The summed E-state index contributed by atoms with van der Waals surface area (Å²) in [6, 6.07) is 21.2. The van der Waals surface area contributed by atoms with Crippen LogP contribution in [0.15, 0.2) is 85.3 Å². The summed E-state index contributed by atoms with van der Waals surface area (Å²) in [5, 5.41) is 10.3. The highest BCUT2D eigenvalue weighted by Crippen LogP contribution is 2.31. The van der Waals surface area contributed by atoms with Crippen LogP contribution < -0.4 is 4.74 Å². The fraction of sp³-hybridized carbons (Fsp3) is 0.185. The smallest absolute Gasteiger partial charge is 0.183 e. The molecule has 0 N–H and O–H groups in total. The molecule has 0 aliphatic carbocycles. The molecule has 180 valence electrons. The van der Waals surface area contributed by atoms with Gasteiger partial charge in [-0.2, -0.15) is 9.78 Å². The third kappa shape index (κ3) is 4.60. The van der Waals surface area contributed by atoms with Crippen molar-refractivity contribution in [3.63, 3.8) is 0 Å². The quantitative estimate of drug-likeness (QED) is 0.286. The number of aromatic nitrogens is 6. The largest absolute Gasteiger partial charge is 0.456 e. The Bertz CT molecular complexity index is 1460. The van der Waals surface area contributed by atoms with Crippen LogP contribution in [0.1, 0.15) is 18.9 Å². The first kappa shape index (κ1) is 22.5. The highest BCUT2D eigenvalue weighted by Gasteiger charge is 2.21. The molecule has 1 fully saturated rings. The van der Waals surface area contributed by atoms with Crippen LogP contribution in [0.5, 0.6) is 11.5 Å². The Hall–Kier alpha value is -4.01. The molecule has 5 aromatic rings. The van der Waals surface area contributed by atoms with E-state index < -0.39 is 0 Å². The number of hydrogen-bond acceptors (Lipinski definition) is 6. The van der Waals surface area contributed by atoms with Crippen molar-refractivity contribution >= 4 is 11.6 Å². The predicted molar refractivity (Wildman–Crippen MR) is 136 cm³/mol. The Kier molecular flexibility index (Phi) is 6.19. The van der Waals surface area contributed by atoms with Crippen LogP contribution in [0.25, 0.3) is 28.6 Å². The highest BCUT2D eigenvalue weighted by atomic mass is 35.5. The summed E-state index contributed by atoms with van der Waals surface area (Å²) < 4.78 is 15.2. The lowest BCUT2D eigenvalue weighted by Gasteiger charge is -2.22. The third-order valence-corrected chi connectivity index (χ3v) is 6.41. The molecule has 0 atom stereocenters. The molecule has 1 aliphatic rings. The highest BCUT2D eigenvalue weighted by molar-refractivity contribution is 6.33. The lowest BCUT2D eigenvalue weighted by molar-refractivity contribution is 0.0662. The standard InChI is InChI=1S/C27H23ClN6O2/c28-24-6-2-1-5-23(24)26-30-27(19-7-9-21(10-8-19)36-22-4-3-14-29-18-22)34(32-26)25-11-15-33(31-25)20-12-16-35-17-13-20/h1-11,14-15,18,20H,12-13,16-17H2. The Morgan fingerprint density at radius 1 is 0.889 bits per heavy atom. The number of halogens is 1. The first-order valence-electron chi connectivity index (χ1n) is 11.8. The molecule has 0 spiro atoms. The van der Waals surface area contributed by atoms with E-state index in [0.29, 0.717) is 40.0 Å². The molecule has 0 unspecified atom stereocenters. The second-order valence-electron chi connectivity index (χ2n) is 8.46. The molecule has 8 nitrogen and oxygen atoms in total. The summed E-state index contributed by atoms with van der Waals surface area (Å²) in [6.45, 7) is 1.50. The van der Waals surface area contributed by atoms with Crippen LogP contribution in [0, 0.1) is 0 Å². The van der Waals surface area contributed by atoms with Crippen molar-refractivity contribution in [3.8, 4) is 40.1 Å². The summed E-state index contributed by atoms with van der Waals surface area (Å²) in [5.74, 6) is 3.26. The average Bonchev–Trinajstić information content (AvgIpc) is 3.59. The zero-order valence-electron chi connectivity index (χ0n) is 19.4. The minimum atomic E-state index is 0.311. The van der Waals surface area contributed by atoms with Gasteiger partial charge in [-0.1, -0.05) is 23.7 Å². The van der Waals surface area contributed by atoms with Crippen LogP contribution in [-0.4, -0.2) is 42.7 Å². The van der Waals surface area contributed by atoms with E-state index in [1.807, 2.05) is 77.6 Å². The number of nitrogens with zero attached hydrogens (tertiary/aromatic N) is 6. The number of benzene rings is 2. The molecule has 0 bridgehead atoms. The summed E-state index contributed by atoms with van der Waals surface area (Å²) >= 11 is 6.47. The van der Waals surface area contributed by atoms with Crippen LogP contribution >= 0.6 is 11.6 Å². The zero-order chi connectivity index (χ0) is 24.3. The van der Waals surface area contributed by atoms with Gasteiger partial charge in [-0.3, -0.25) is 9.67 Å². The van der Waals surface area contributed by atoms with Crippen molar-refractivity contribution in [2.45, 2.75) is 18.9 Å². The van der Waals surface area contributed by atoms with Crippen molar-refractivity contribution < 1.29 is 9.47 Å². The maximum absolute atomic E-state index is 6.47. The monoisotopic (exact) mass is 498 g/mol. The van der Waals surface area contributed by atoms with Gasteiger partial charge in [0.25, 0.3) is 0 Å². The fourth-order valence-corrected chi connectivity index (χ4v) is 4.45.